The maximum absolute atomic E-state index is 13.6. The van der Waals surface area contributed by atoms with E-state index in [1.165, 1.54) is 0 Å². The van der Waals surface area contributed by atoms with Gasteiger partial charge in [-0.15, -0.1) is 0 Å². The van der Waals surface area contributed by atoms with Crippen molar-refractivity contribution in [3.8, 4) is 0 Å². The summed E-state index contributed by atoms with van der Waals surface area (Å²) in [6, 6.07) is 7.09. The first kappa shape index (κ1) is 17.3. The highest BCUT2D eigenvalue weighted by Gasteiger charge is 2.61. The first-order chi connectivity index (χ1) is 12.5. The van der Waals surface area contributed by atoms with Crippen LogP contribution in [0.2, 0.25) is 0 Å². The Balaban J connectivity index is 1.92. The van der Waals surface area contributed by atoms with E-state index in [9.17, 15) is 14.4 Å². The van der Waals surface area contributed by atoms with Gasteiger partial charge in [0.2, 0.25) is 0 Å². The Morgan fingerprint density at radius 2 is 1.15 bits per heavy atom. The zero-order valence-electron chi connectivity index (χ0n) is 15.6. The average molecular weight is 354 g/mol. The molecule has 4 bridgehead atoms. The molecule has 0 unspecified atom stereocenters. The molecule has 2 amide bonds. The van der Waals surface area contributed by atoms with Gasteiger partial charge in [0.25, 0.3) is 11.8 Å². The first-order valence-electron chi connectivity index (χ1n) is 9.69. The lowest BCUT2D eigenvalue weighted by Gasteiger charge is -2.57. The minimum Gasteiger partial charge on any atom is -0.336 e. The van der Waals surface area contributed by atoms with E-state index >= 15 is 0 Å². The fourth-order valence-electron chi connectivity index (χ4n) is 5.51. The third-order valence-corrected chi connectivity index (χ3v) is 6.36. The molecule has 1 aromatic carbocycles. The number of rotatable bonds is 4. The van der Waals surface area contributed by atoms with Crippen LogP contribution in [0.15, 0.2) is 24.3 Å². The van der Waals surface area contributed by atoms with E-state index in [2.05, 4.69) is 13.8 Å². The van der Waals surface area contributed by atoms with E-state index in [1.807, 2.05) is 9.80 Å². The van der Waals surface area contributed by atoms with Crippen LogP contribution in [0.25, 0.3) is 0 Å². The van der Waals surface area contributed by atoms with Crippen LogP contribution in [0, 0.1) is 10.8 Å². The van der Waals surface area contributed by atoms with Gasteiger partial charge in [-0.2, -0.15) is 0 Å². The maximum Gasteiger partial charge on any atom is 0.254 e. The Labute approximate surface area is 154 Å². The van der Waals surface area contributed by atoms with Crippen LogP contribution in [0.3, 0.4) is 0 Å². The predicted molar refractivity (Wildman–Crippen MR) is 97.9 cm³/mol. The zero-order chi connectivity index (χ0) is 18.5. The van der Waals surface area contributed by atoms with Crippen molar-refractivity contribution in [2.45, 2.75) is 39.5 Å². The molecule has 0 saturated carbocycles. The van der Waals surface area contributed by atoms with Crippen molar-refractivity contribution in [1.82, 2.24) is 9.80 Å². The molecule has 5 heteroatoms. The standard InChI is InChI=1S/C21H26N2O3/c1-3-9-20-11-22-13-21(10-4-2,19(20)26)14-23(12-20)18(25)16-8-6-5-7-15(16)17(22)24/h5-8H,3-4,9-14H2,1-2H3. The highest BCUT2D eigenvalue weighted by Crippen LogP contribution is 2.49. The molecule has 138 valence electrons. The molecule has 0 atom stereocenters. The molecule has 1 aromatic rings. The van der Waals surface area contributed by atoms with Gasteiger partial charge in [-0.1, -0.05) is 38.8 Å². The van der Waals surface area contributed by atoms with Crippen molar-refractivity contribution >= 4 is 17.6 Å². The van der Waals surface area contributed by atoms with Gasteiger partial charge in [0.1, 0.15) is 0 Å². The molecule has 0 N–H and O–H groups in total. The summed E-state index contributed by atoms with van der Waals surface area (Å²) in [5, 5.41) is 0. The second kappa shape index (κ2) is 5.93. The molecule has 0 aromatic heterocycles. The molecule has 26 heavy (non-hydrogen) atoms. The van der Waals surface area contributed by atoms with Gasteiger partial charge >= 0.3 is 0 Å². The van der Waals surface area contributed by atoms with Crippen LogP contribution in [-0.2, 0) is 4.79 Å². The Morgan fingerprint density at radius 1 is 0.769 bits per heavy atom. The molecular formula is C21H26N2O3. The Morgan fingerprint density at radius 3 is 1.50 bits per heavy atom. The van der Waals surface area contributed by atoms with E-state index in [4.69, 9.17) is 0 Å². The molecule has 4 aliphatic heterocycles. The highest BCUT2D eigenvalue weighted by atomic mass is 16.2. The molecular weight excluding hydrogens is 328 g/mol. The first-order valence-corrected chi connectivity index (χ1v) is 9.69. The van der Waals surface area contributed by atoms with Crippen LogP contribution in [0.1, 0.15) is 60.2 Å². The van der Waals surface area contributed by atoms with Crippen molar-refractivity contribution in [2.24, 2.45) is 10.8 Å². The van der Waals surface area contributed by atoms with Crippen molar-refractivity contribution in [3.63, 3.8) is 0 Å². The third kappa shape index (κ3) is 2.25. The number of piperidine rings is 2. The van der Waals surface area contributed by atoms with E-state index in [0.29, 0.717) is 37.3 Å². The van der Waals surface area contributed by atoms with Crippen molar-refractivity contribution in [3.05, 3.63) is 35.4 Å². The number of amides is 2. The Kier molecular flexibility index (Phi) is 3.94. The van der Waals surface area contributed by atoms with Gasteiger partial charge in [-0.3, -0.25) is 14.4 Å². The lowest BCUT2D eigenvalue weighted by Crippen LogP contribution is -2.70. The number of ketones is 1. The van der Waals surface area contributed by atoms with Gasteiger partial charge in [0.15, 0.2) is 5.78 Å². The van der Waals surface area contributed by atoms with E-state index in [-0.39, 0.29) is 17.6 Å². The molecule has 5 rings (SSSR count). The Hall–Kier alpha value is -2.17. The van der Waals surface area contributed by atoms with Crippen LogP contribution < -0.4 is 0 Å². The highest BCUT2D eigenvalue weighted by molar-refractivity contribution is 6.09. The molecule has 2 saturated heterocycles. The normalized spacial score (nSPS) is 30.3. The largest absolute Gasteiger partial charge is 0.336 e. The van der Waals surface area contributed by atoms with Crippen LogP contribution in [0.4, 0.5) is 0 Å². The molecule has 2 fully saturated rings. The van der Waals surface area contributed by atoms with Gasteiger partial charge in [-0.05, 0) is 25.0 Å². The van der Waals surface area contributed by atoms with E-state index in [1.54, 1.807) is 24.3 Å². The van der Waals surface area contributed by atoms with Crippen molar-refractivity contribution in [2.75, 3.05) is 26.2 Å². The lowest BCUT2D eigenvalue weighted by molar-refractivity contribution is -0.158. The second-order valence-corrected chi connectivity index (χ2v) is 8.26. The minimum absolute atomic E-state index is 0.105. The summed E-state index contributed by atoms with van der Waals surface area (Å²) in [7, 11) is 0. The van der Waals surface area contributed by atoms with E-state index in [0.717, 1.165) is 25.7 Å². The predicted octanol–water partition coefficient (Wildman–Crippen LogP) is 2.75. The van der Waals surface area contributed by atoms with Gasteiger partial charge in [0.05, 0.1) is 22.0 Å². The quantitative estimate of drug-likeness (QED) is 0.835. The summed E-state index contributed by atoms with van der Waals surface area (Å²) >= 11 is 0. The third-order valence-electron chi connectivity index (χ3n) is 6.36. The van der Waals surface area contributed by atoms with Gasteiger partial charge in [0, 0.05) is 26.2 Å². The number of hydrogen-bond acceptors (Lipinski definition) is 3. The SMILES string of the molecule is CCCC12CN3CC(CCC)(CN(C1)C(=O)c1ccccc1C3=O)C2=O. The fourth-order valence-corrected chi connectivity index (χ4v) is 5.51. The summed E-state index contributed by atoms with van der Waals surface area (Å²) in [5.74, 6) is 0.0741. The number of nitrogens with zero attached hydrogens (tertiary/aromatic N) is 2. The van der Waals surface area contributed by atoms with Crippen molar-refractivity contribution in [1.29, 1.82) is 0 Å². The van der Waals surface area contributed by atoms with Crippen LogP contribution in [-0.4, -0.2) is 53.6 Å². The fraction of sp³-hybridized carbons (Fsp3) is 0.571. The second-order valence-electron chi connectivity index (χ2n) is 8.26. The van der Waals surface area contributed by atoms with Gasteiger partial charge in [-0.25, -0.2) is 0 Å². The van der Waals surface area contributed by atoms with Crippen LogP contribution >= 0.6 is 0 Å². The Bertz CT molecular complexity index is 710. The molecule has 0 aliphatic carbocycles. The van der Waals surface area contributed by atoms with Crippen molar-refractivity contribution < 1.29 is 14.4 Å². The summed E-state index contributed by atoms with van der Waals surface area (Å²) in [4.78, 5) is 43.9. The molecule has 4 heterocycles. The molecule has 0 radical (unpaired) electrons. The molecule has 5 nitrogen and oxygen atoms in total. The maximum atomic E-state index is 13.6. The smallest absolute Gasteiger partial charge is 0.254 e. The number of hydrogen-bond donors (Lipinski definition) is 0. The van der Waals surface area contributed by atoms with Crippen LogP contribution in [0.5, 0.6) is 0 Å². The number of benzene rings is 1. The summed E-state index contributed by atoms with van der Waals surface area (Å²) in [5.41, 5.74) is -0.297. The summed E-state index contributed by atoms with van der Waals surface area (Å²) < 4.78 is 0. The summed E-state index contributed by atoms with van der Waals surface area (Å²) in [6.07, 6.45) is 3.18. The zero-order valence-corrected chi connectivity index (χ0v) is 15.6. The summed E-state index contributed by atoms with van der Waals surface area (Å²) in [6.45, 7) is 5.87. The monoisotopic (exact) mass is 354 g/mol. The molecule has 4 aliphatic rings. The minimum atomic E-state index is -0.617. The topological polar surface area (TPSA) is 57.7 Å². The average Bonchev–Trinajstić information content (AvgIpc) is 2.66. The number of Topliss-reactive ketones (excluding diaryl/α,β-unsaturated/α-hetero) is 1. The van der Waals surface area contributed by atoms with Gasteiger partial charge < -0.3 is 9.80 Å². The lowest BCUT2D eigenvalue weighted by atomic mass is 9.59. The van der Waals surface area contributed by atoms with E-state index < -0.39 is 10.8 Å². The number of carbonyl (C=O) groups excluding carboxylic acids is 3. The number of carbonyl (C=O) groups is 3. The molecule has 0 spiro atoms.